The molecule has 0 heterocycles. The molecular weight excluding hydrogens is 296 g/mol. The number of hydrogen-bond acceptors (Lipinski definition) is 5. The summed E-state index contributed by atoms with van der Waals surface area (Å²) in [7, 11) is -3.76. The molecular formula is C13H20N2O5S. The van der Waals surface area contributed by atoms with Gasteiger partial charge in [-0.05, 0) is 13.3 Å². The second-order valence-electron chi connectivity index (χ2n) is 5.21. The Balaban J connectivity index is 2.80. The molecule has 7 nitrogen and oxygen atoms in total. The van der Waals surface area contributed by atoms with Crippen LogP contribution < -0.4 is 4.72 Å². The summed E-state index contributed by atoms with van der Waals surface area (Å²) in [6.45, 7) is 3.31. The van der Waals surface area contributed by atoms with Crippen molar-refractivity contribution < 1.29 is 18.4 Å². The molecule has 0 fully saturated rings. The Morgan fingerprint density at radius 2 is 2.00 bits per heavy atom. The Labute approximate surface area is 124 Å². The maximum atomic E-state index is 12.0. The Bertz CT molecular complexity index is 598. The maximum Gasteiger partial charge on any atom is 0.273 e. The molecule has 0 bridgehead atoms. The van der Waals surface area contributed by atoms with Crippen LogP contribution in [0.25, 0.3) is 0 Å². The first kappa shape index (κ1) is 17.5. The number of sulfonamides is 1. The summed E-state index contributed by atoms with van der Waals surface area (Å²) in [5, 5.41) is 20.8. The largest absolute Gasteiger partial charge is 0.389 e. The summed E-state index contributed by atoms with van der Waals surface area (Å²) in [6, 6.07) is 5.69. The molecule has 0 spiro atoms. The van der Waals surface area contributed by atoms with Crippen molar-refractivity contribution in [3.8, 4) is 0 Å². The van der Waals surface area contributed by atoms with Crippen molar-refractivity contribution in [3.05, 3.63) is 39.9 Å². The third-order valence-electron chi connectivity index (χ3n) is 3.00. The highest BCUT2D eigenvalue weighted by molar-refractivity contribution is 7.88. The molecule has 0 aliphatic rings. The van der Waals surface area contributed by atoms with Crippen LogP contribution in [0.3, 0.4) is 0 Å². The molecule has 1 aromatic rings. The van der Waals surface area contributed by atoms with Crippen LogP contribution >= 0.6 is 0 Å². The van der Waals surface area contributed by atoms with Crippen LogP contribution in [0.15, 0.2) is 24.3 Å². The predicted octanol–water partition coefficient (Wildman–Crippen LogP) is 1.57. The fourth-order valence-corrected chi connectivity index (χ4v) is 3.25. The van der Waals surface area contributed by atoms with Gasteiger partial charge < -0.3 is 5.11 Å². The lowest BCUT2D eigenvalue weighted by atomic mass is 10.0. The van der Waals surface area contributed by atoms with E-state index < -0.39 is 26.3 Å². The maximum absolute atomic E-state index is 12.0. The van der Waals surface area contributed by atoms with Gasteiger partial charge in [-0.3, -0.25) is 10.1 Å². The van der Waals surface area contributed by atoms with Crippen LogP contribution in [0.5, 0.6) is 0 Å². The van der Waals surface area contributed by atoms with E-state index in [1.54, 1.807) is 13.0 Å². The summed E-state index contributed by atoms with van der Waals surface area (Å²) in [4.78, 5) is 10.2. The van der Waals surface area contributed by atoms with Crippen LogP contribution in [0.4, 0.5) is 5.69 Å². The summed E-state index contributed by atoms with van der Waals surface area (Å²) in [5.41, 5.74) is -1.25. The molecule has 0 aromatic heterocycles. The zero-order valence-corrected chi connectivity index (χ0v) is 12.9. The van der Waals surface area contributed by atoms with Crippen LogP contribution in [0.1, 0.15) is 32.3 Å². The van der Waals surface area contributed by atoms with Gasteiger partial charge in [0.05, 0.1) is 16.3 Å². The van der Waals surface area contributed by atoms with E-state index in [4.69, 9.17) is 0 Å². The van der Waals surface area contributed by atoms with Gasteiger partial charge in [-0.1, -0.05) is 31.5 Å². The third-order valence-corrected chi connectivity index (χ3v) is 4.27. The van der Waals surface area contributed by atoms with Gasteiger partial charge in [-0.15, -0.1) is 0 Å². The highest BCUT2D eigenvalue weighted by Crippen LogP contribution is 2.20. The normalized spacial score (nSPS) is 14.6. The van der Waals surface area contributed by atoms with Gasteiger partial charge in [0, 0.05) is 18.2 Å². The Morgan fingerprint density at radius 1 is 1.38 bits per heavy atom. The minimum atomic E-state index is -3.76. The minimum absolute atomic E-state index is 0.116. The van der Waals surface area contributed by atoms with Gasteiger partial charge in [0.15, 0.2) is 0 Å². The van der Waals surface area contributed by atoms with Crippen LogP contribution in [-0.4, -0.2) is 30.6 Å². The SMILES string of the molecule is CCCC(C)(O)CNS(=O)(=O)Cc1ccccc1[N+](=O)[O-]. The molecule has 0 saturated carbocycles. The zero-order valence-electron chi connectivity index (χ0n) is 12.1. The molecule has 0 aliphatic carbocycles. The molecule has 1 rings (SSSR count). The number of benzene rings is 1. The molecule has 118 valence electrons. The molecule has 1 unspecified atom stereocenters. The number of nitrogens with zero attached hydrogens (tertiary/aromatic N) is 1. The molecule has 8 heteroatoms. The van der Waals surface area contributed by atoms with E-state index in [2.05, 4.69) is 4.72 Å². The fourth-order valence-electron chi connectivity index (χ4n) is 1.96. The van der Waals surface area contributed by atoms with E-state index >= 15 is 0 Å². The van der Waals surface area contributed by atoms with Gasteiger partial charge in [0.2, 0.25) is 10.0 Å². The second kappa shape index (κ2) is 6.97. The van der Waals surface area contributed by atoms with E-state index in [1.165, 1.54) is 18.2 Å². The van der Waals surface area contributed by atoms with Crippen molar-refractivity contribution in [2.24, 2.45) is 0 Å². The number of para-hydroxylation sites is 1. The number of nitro benzene ring substituents is 1. The minimum Gasteiger partial charge on any atom is -0.389 e. The Hall–Kier alpha value is -1.51. The number of nitrogens with one attached hydrogen (secondary N) is 1. The average Bonchev–Trinajstić information content (AvgIpc) is 2.37. The highest BCUT2D eigenvalue weighted by Gasteiger charge is 2.24. The van der Waals surface area contributed by atoms with E-state index in [0.717, 1.165) is 6.42 Å². The van der Waals surface area contributed by atoms with Crippen molar-refractivity contribution in [1.29, 1.82) is 0 Å². The zero-order chi connectivity index (χ0) is 16.1. The summed E-state index contributed by atoms with van der Waals surface area (Å²) >= 11 is 0. The van der Waals surface area contributed by atoms with Crippen molar-refractivity contribution in [1.82, 2.24) is 4.72 Å². The molecule has 1 atom stereocenters. The second-order valence-corrected chi connectivity index (χ2v) is 7.02. The van der Waals surface area contributed by atoms with Crippen LogP contribution in [0, 0.1) is 10.1 Å². The van der Waals surface area contributed by atoms with Gasteiger partial charge in [-0.25, -0.2) is 13.1 Å². The number of nitro groups is 1. The first-order valence-corrected chi connectivity index (χ1v) is 8.24. The average molecular weight is 316 g/mol. The van der Waals surface area contributed by atoms with E-state index in [9.17, 15) is 23.6 Å². The van der Waals surface area contributed by atoms with E-state index in [0.29, 0.717) is 6.42 Å². The smallest absolute Gasteiger partial charge is 0.273 e. The van der Waals surface area contributed by atoms with Crippen molar-refractivity contribution in [3.63, 3.8) is 0 Å². The molecule has 1 aromatic carbocycles. The number of rotatable bonds is 8. The first-order valence-electron chi connectivity index (χ1n) is 6.59. The Kier molecular flexibility index (Phi) is 5.82. The summed E-state index contributed by atoms with van der Waals surface area (Å²) in [5.74, 6) is -0.494. The van der Waals surface area contributed by atoms with Crippen molar-refractivity contribution in [2.45, 2.75) is 38.0 Å². The molecule has 21 heavy (non-hydrogen) atoms. The molecule has 2 N–H and O–H groups in total. The summed E-state index contributed by atoms with van der Waals surface area (Å²) < 4.78 is 26.3. The van der Waals surface area contributed by atoms with Gasteiger partial charge in [-0.2, -0.15) is 0 Å². The van der Waals surface area contributed by atoms with E-state index in [1.807, 2.05) is 6.92 Å². The Morgan fingerprint density at radius 3 is 2.57 bits per heavy atom. The van der Waals surface area contributed by atoms with Crippen molar-refractivity contribution in [2.75, 3.05) is 6.54 Å². The number of aliphatic hydroxyl groups is 1. The molecule has 0 radical (unpaired) electrons. The summed E-state index contributed by atoms with van der Waals surface area (Å²) in [6.07, 6.45) is 1.18. The highest BCUT2D eigenvalue weighted by atomic mass is 32.2. The first-order chi connectivity index (χ1) is 9.67. The predicted molar refractivity (Wildman–Crippen MR) is 79.3 cm³/mol. The lowest BCUT2D eigenvalue weighted by Gasteiger charge is -2.22. The molecule has 0 amide bonds. The topological polar surface area (TPSA) is 110 Å². The quantitative estimate of drug-likeness (QED) is 0.559. The van der Waals surface area contributed by atoms with Crippen LogP contribution in [0.2, 0.25) is 0 Å². The van der Waals surface area contributed by atoms with Crippen molar-refractivity contribution >= 4 is 15.7 Å². The molecule has 0 saturated heterocycles. The lowest BCUT2D eigenvalue weighted by Crippen LogP contribution is -2.40. The lowest BCUT2D eigenvalue weighted by molar-refractivity contribution is -0.385. The number of hydrogen-bond donors (Lipinski definition) is 2. The standard InChI is InChI=1S/C13H20N2O5S/c1-3-8-13(2,16)10-14-21(19,20)9-11-6-4-5-7-12(11)15(17)18/h4-7,14,16H,3,8-10H2,1-2H3. The van der Waals surface area contributed by atoms with Gasteiger partial charge in [0.25, 0.3) is 5.69 Å². The van der Waals surface area contributed by atoms with E-state index in [-0.39, 0.29) is 17.8 Å². The van der Waals surface area contributed by atoms with Crippen LogP contribution in [-0.2, 0) is 15.8 Å². The van der Waals surface area contributed by atoms with Gasteiger partial charge in [0.1, 0.15) is 0 Å². The third kappa shape index (κ3) is 5.78. The monoisotopic (exact) mass is 316 g/mol. The fraction of sp³-hybridized carbons (Fsp3) is 0.538. The van der Waals surface area contributed by atoms with Gasteiger partial charge >= 0.3 is 0 Å². The molecule has 0 aliphatic heterocycles.